The van der Waals surface area contributed by atoms with Crippen molar-refractivity contribution >= 4 is 12.1 Å². The van der Waals surface area contributed by atoms with E-state index in [0.717, 1.165) is 11.1 Å². The number of rotatable bonds is 4. The molecule has 1 fully saturated rings. The molecular weight excluding hydrogens is 306 g/mol. The number of carbonyl (C=O) groups excluding carboxylic acids is 2. The SMILES string of the molecule is COC(=O)C1C(c2ccccc2)OC(=O)N1[C@H](C)c1ccccc1. The standard InChI is InChI=1S/C19H19NO4/c1-13(14-9-5-3-6-10-14)20-16(18(21)23-2)17(24-19(20)22)15-11-7-4-8-12-15/h3-13,16-17H,1-2H3/t13-,16?,17?/m1/s1. The fraction of sp³-hybridized carbons (Fsp3) is 0.263. The van der Waals surface area contributed by atoms with Gasteiger partial charge in [0.2, 0.25) is 0 Å². The lowest BCUT2D eigenvalue weighted by atomic mass is 9.99. The van der Waals surface area contributed by atoms with Crippen LogP contribution in [0.15, 0.2) is 60.7 Å². The summed E-state index contributed by atoms with van der Waals surface area (Å²) in [5.41, 5.74) is 1.70. The Morgan fingerprint density at radius 1 is 1.08 bits per heavy atom. The van der Waals surface area contributed by atoms with E-state index in [4.69, 9.17) is 9.47 Å². The van der Waals surface area contributed by atoms with Crippen LogP contribution < -0.4 is 0 Å². The summed E-state index contributed by atoms with van der Waals surface area (Å²) in [5.74, 6) is -0.488. The first-order valence-corrected chi connectivity index (χ1v) is 7.80. The highest BCUT2D eigenvalue weighted by atomic mass is 16.6. The number of carbonyl (C=O) groups is 2. The van der Waals surface area contributed by atoms with Gasteiger partial charge in [0.1, 0.15) is 0 Å². The van der Waals surface area contributed by atoms with E-state index in [0.29, 0.717) is 0 Å². The molecule has 0 aromatic heterocycles. The molecule has 3 atom stereocenters. The molecule has 2 aromatic carbocycles. The average Bonchev–Trinajstić information content (AvgIpc) is 2.99. The van der Waals surface area contributed by atoms with Gasteiger partial charge in [0.05, 0.1) is 13.2 Å². The van der Waals surface area contributed by atoms with Gasteiger partial charge in [-0.05, 0) is 18.1 Å². The number of cyclic esters (lactones) is 1. The van der Waals surface area contributed by atoms with Crippen molar-refractivity contribution in [2.45, 2.75) is 25.1 Å². The number of benzene rings is 2. The van der Waals surface area contributed by atoms with Crippen LogP contribution >= 0.6 is 0 Å². The molecule has 2 aromatic rings. The summed E-state index contributed by atoms with van der Waals surface area (Å²) in [5, 5.41) is 0. The molecule has 1 aliphatic rings. The Kier molecular flexibility index (Phi) is 4.51. The first-order valence-electron chi connectivity index (χ1n) is 7.80. The van der Waals surface area contributed by atoms with E-state index >= 15 is 0 Å². The van der Waals surface area contributed by atoms with E-state index in [9.17, 15) is 9.59 Å². The van der Waals surface area contributed by atoms with Gasteiger partial charge in [0, 0.05) is 0 Å². The number of nitrogens with zero attached hydrogens (tertiary/aromatic N) is 1. The Bertz CT molecular complexity index is 717. The fourth-order valence-electron chi connectivity index (χ4n) is 3.04. The molecule has 1 saturated heterocycles. The molecule has 0 radical (unpaired) electrons. The number of ether oxygens (including phenoxy) is 2. The highest BCUT2D eigenvalue weighted by molar-refractivity contribution is 5.85. The molecular formula is C19H19NO4. The van der Waals surface area contributed by atoms with Gasteiger partial charge in [0.25, 0.3) is 0 Å². The number of esters is 1. The molecule has 0 spiro atoms. The minimum Gasteiger partial charge on any atom is -0.467 e. The minimum absolute atomic E-state index is 0.309. The summed E-state index contributed by atoms with van der Waals surface area (Å²) in [6.45, 7) is 1.87. The van der Waals surface area contributed by atoms with Crippen LogP contribution in [-0.4, -0.2) is 30.1 Å². The first kappa shape index (κ1) is 16.1. The van der Waals surface area contributed by atoms with Gasteiger partial charge in [0.15, 0.2) is 12.1 Å². The molecule has 1 aliphatic heterocycles. The van der Waals surface area contributed by atoms with Crippen molar-refractivity contribution in [1.29, 1.82) is 0 Å². The number of hydrogen-bond acceptors (Lipinski definition) is 4. The fourth-order valence-corrected chi connectivity index (χ4v) is 3.04. The maximum atomic E-state index is 12.5. The van der Waals surface area contributed by atoms with Gasteiger partial charge in [-0.1, -0.05) is 60.7 Å². The van der Waals surface area contributed by atoms with Crippen molar-refractivity contribution < 1.29 is 19.1 Å². The maximum absolute atomic E-state index is 12.5. The van der Waals surface area contributed by atoms with Crippen LogP contribution in [0.25, 0.3) is 0 Å². The van der Waals surface area contributed by atoms with Crippen molar-refractivity contribution in [3.8, 4) is 0 Å². The topological polar surface area (TPSA) is 55.8 Å². The summed E-state index contributed by atoms with van der Waals surface area (Å²) in [4.78, 5) is 26.4. The minimum atomic E-state index is -0.819. The lowest BCUT2D eigenvalue weighted by Crippen LogP contribution is -2.42. The van der Waals surface area contributed by atoms with Gasteiger partial charge in [-0.25, -0.2) is 9.59 Å². The molecule has 5 nitrogen and oxygen atoms in total. The quantitative estimate of drug-likeness (QED) is 0.808. The third-order valence-electron chi connectivity index (χ3n) is 4.30. The molecule has 24 heavy (non-hydrogen) atoms. The second-order valence-corrected chi connectivity index (χ2v) is 5.68. The normalized spacial score (nSPS) is 21.2. The van der Waals surface area contributed by atoms with Crippen LogP contribution in [0.5, 0.6) is 0 Å². The molecule has 3 rings (SSSR count). The maximum Gasteiger partial charge on any atom is 0.411 e. The number of amides is 1. The molecule has 0 N–H and O–H groups in total. The van der Waals surface area contributed by atoms with Crippen LogP contribution in [-0.2, 0) is 14.3 Å². The summed E-state index contributed by atoms with van der Waals surface area (Å²) in [6.07, 6.45) is -1.20. The molecule has 0 saturated carbocycles. The van der Waals surface area contributed by atoms with E-state index in [2.05, 4.69) is 0 Å². The van der Waals surface area contributed by atoms with Gasteiger partial charge >= 0.3 is 12.1 Å². The van der Waals surface area contributed by atoms with Gasteiger partial charge in [-0.3, -0.25) is 4.90 Å². The Balaban J connectivity index is 1.98. The number of hydrogen-bond donors (Lipinski definition) is 0. The van der Waals surface area contributed by atoms with E-state index in [1.54, 1.807) is 0 Å². The monoisotopic (exact) mass is 325 g/mol. The summed E-state index contributed by atoms with van der Waals surface area (Å²) >= 11 is 0. The predicted octanol–water partition coefficient (Wildman–Crippen LogP) is 3.48. The number of methoxy groups -OCH3 is 1. The van der Waals surface area contributed by atoms with Gasteiger partial charge in [-0.15, -0.1) is 0 Å². The van der Waals surface area contributed by atoms with Crippen LogP contribution in [0, 0.1) is 0 Å². The zero-order valence-electron chi connectivity index (χ0n) is 13.6. The Labute approximate surface area is 140 Å². The summed E-state index contributed by atoms with van der Waals surface area (Å²) in [6, 6.07) is 17.7. The van der Waals surface area contributed by atoms with E-state index in [1.807, 2.05) is 67.6 Å². The third-order valence-corrected chi connectivity index (χ3v) is 4.30. The van der Waals surface area contributed by atoms with Crippen LogP contribution in [0.2, 0.25) is 0 Å². The first-order chi connectivity index (χ1) is 11.6. The van der Waals surface area contributed by atoms with Crippen molar-refractivity contribution in [2.24, 2.45) is 0 Å². The van der Waals surface area contributed by atoms with Crippen LogP contribution in [0.1, 0.15) is 30.2 Å². The van der Waals surface area contributed by atoms with Crippen molar-refractivity contribution in [3.63, 3.8) is 0 Å². The second-order valence-electron chi connectivity index (χ2n) is 5.68. The molecule has 0 bridgehead atoms. The average molecular weight is 325 g/mol. The third kappa shape index (κ3) is 2.85. The molecule has 124 valence electrons. The van der Waals surface area contributed by atoms with Gasteiger partial charge in [-0.2, -0.15) is 0 Å². The van der Waals surface area contributed by atoms with Crippen LogP contribution in [0.4, 0.5) is 4.79 Å². The van der Waals surface area contributed by atoms with Crippen molar-refractivity contribution in [1.82, 2.24) is 4.90 Å². The van der Waals surface area contributed by atoms with E-state index < -0.39 is 24.2 Å². The highest BCUT2D eigenvalue weighted by Crippen LogP contribution is 2.38. The molecule has 1 heterocycles. The smallest absolute Gasteiger partial charge is 0.411 e. The van der Waals surface area contributed by atoms with Crippen LogP contribution in [0.3, 0.4) is 0 Å². The molecule has 1 amide bonds. The predicted molar refractivity (Wildman–Crippen MR) is 88.2 cm³/mol. The molecule has 5 heteroatoms. The lowest BCUT2D eigenvalue weighted by Gasteiger charge is -2.28. The Morgan fingerprint density at radius 3 is 2.25 bits per heavy atom. The van der Waals surface area contributed by atoms with Crippen molar-refractivity contribution in [3.05, 3.63) is 71.8 Å². The largest absolute Gasteiger partial charge is 0.467 e. The zero-order valence-corrected chi connectivity index (χ0v) is 13.6. The van der Waals surface area contributed by atoms with Crippen molar-refractivity contribution in [2.75, 3.05) is 7.11 Å². The molecule has 0 aliphatic carbocycles. The highest BCUT2D eigenvalue weighted by Gasteiger charge is 2.49. The summed E-state index contributed by atoms with van der Waals surface area (Å²) < 4.78 is 10.5. The summed E-state index contributed by atoms with van der Waals surface area (Å²) in [7, 11) is 1.32. The Hall–Kier alpha value is -2.82. The Morgan fingerprint density at radius 2 is 1.67 bits per heavy atom. The second kappa shape index (κ2) is 6.74. The van der Waals surface area contributed by atoms with E-state index in [1.165, 1.54) is 12.0 Å². The van der Waals surface area contributed by atoms with E-state index in [-0.39, 0.29) is 6.04 Å². The lowest BCUT2D eigenvalue weighted by molar-refractivity contribution is -0.147. The zero-order chi connectivity index (χ0) is 17.1. The molecule has 2 unspecified atom stereocenters. The van der Waals surface area contributed by atoms with Gasteiger partial charge < -0.3 is 9.47 Å².